The number of carbonyl (C=O) groups excluding carboxylic acids is 1. The maximum atomic E-state index is 12.4. The fourth-order valence-electron chi connectivity index (χ4n) is 2.09. The summed E-state index contributed by atoms with van der Waals surface area (Å²) in [6.45, 7) is 0.170. The fraction of sp³-hybridized carbons (Fsp3) is 0.0588. The Morgan fingerprint density at radius 2 is 1.86 bits per heavy atom. The van der Waals surface area contributed by atoms with Crippen LogP contribution in [0.4, 0.5) is 0 Å². The number of Topliss-reactive ketones (excluding diaryl/α,β-unsaturated/α-hetero) is 1. The molecule has 0 N–H and O–H groups in total. The van der Waals surface area contributed by atoms with Crippen LogP contribution in [-0.4, -0.2) is 12.6 Å². The van der Waals surface area contributed by atoms with Crippen molar-refractivity contribution in [1.82, 2.24) is 0 Å². The minimum absolute atomic E-state index is 0.0609. The van der Waals surface area contributed by atoms with Crippen LogP contribution in [0, 0.1) is 11.3 Å². The van der Waals surface area contributed by atoms with Gasteiger partial charge in [0.25, 0.3) is 0 Å². The number of allylic oxidation sites excluding steroid dienone is 1. The van der Waals surface area contributed by atoms with Crippen LogP contribution in [0.2, 0.25) is 0 Å². The summed E-state index contributed by atoms with van der Waals surface area (Å²) in [5.74, 6) is 0.920. The molecule has 3 rings (SSSR count). The van der Waals surface area contributed by atoms with Gasteiger partial charge in [-0.1, -0.05) is 46.3 Å². The largest absolute Gasteiger partial charge is 0.454 e. The van der Waals surface area contributed by atoms with Crippen LogP contribution in [0.15, 0.2) is 52.5 Å². The monoisotopic (exact) mass is 355 g/mol. The summed E-state index contributed by atoms with van der Waals surface area (Å²) in [6.07, 6.45) is 1.54. The van der Waals surface area contributed by atoms with Crippen molar-refractivity contribution in [3.63, 3.8) is 0 Å². The molecule has 0 amide bonds. The third-order valence-electron chi connectivity index (χ3n) is 3.19. The van der Waals surface area contributed by atoms with Gasteiger partial charge in [-0.25, -0.2) is 0 Å². The molecule has 0 spiro atoms. The van der Waals surface area contributed by atoms with Crippen LogP contribution in [-0.2, 0) is 0 Å². The maximum absolute atomic E-state index is 12.4. The van der Waals surface area contributed by atoms with Crippen LogP contribution in [0.3, 0.4) is 0 Å². The molecular formula is C17H10BrNO3. The van der Waals surface area contributed by atoms with E-state index in [0.717, 1.165) is 4.47 Å². The van der Waals surface area contributed by atoms with Crippen molar-refractivity contribution in [2.24, 2.45) is 0 Å². The van der Waals surface area contributed by atoms with E-state index < -0.39 is 0 Å². The first kappa shape index (κ1) is 14.4. The molecule has 1 aliphatic heterocycles. The molecule has 0 unspecified atom stereocenters. The van der Waals surface area contributed by atoms with Crippen molar-refractivity contribution in [3.8, 4) is 17.6 Å². The quantitative estimate of drug-likeness (QED) is 0.474. The SMILES string of the molecule is N#C/C(=C\c1cc2c(cc1Br)OCO2)C(=O)c1ccccc1. The Bertz CT molecular complexity index is 807. The van der Waals surface area contributed by atoms with E-state index in [1.807, 2.05) is 12.1 Å². The third kappa shape index (κ3) is 2.74. The third-order valence-corrected chi connectivity index (χ3v) is 3.88. The number of ether oxygens (including phenoxy) is 2. The van der Waals surface area contributed by atoms with E-state index in [9.17, 15) is 10.1 Å². The van der Waals surface area contributed by atoms with Gasteiger partial charge in [-0.3, -0.25) is 4.79 Å². The van der Waals surface area contributed by atoms with E-state index >= 15 is 0 Å². The molecule has 1 heterocycles. The lowest BCUT2D eigenvalue weighted by atomic mass is 10.0. The molecule has 0 radical (unpaired) electrons. The zero-order valence-corrected chi connectivity index (χ0v) is 13.0. The zero-order chi connectivity index (χ0) is 15.5. The highest BCUT2D eigenvalue weighted by atomic mass is 79.9. The summed E-state index contributed by atoms with van der Waals surface area (Å²) in [6, 6.07) is 14.2. The average Bonchev–Trinajstić information content (AvgIpc) is 2.99. The van der Waals surface area contributed by atoms with Crippen molar-refractivity contribution in [2.75, 3.05) is 6.79 Å². The minimum Gasteiger partial charge on any atom is -0.454 e. The number of nitrogens with zero attached hydrogens (tertiary/aromatic N) is 1. The van der Waals surface area contributed by atoms with E-state index in [2.05, 4.69) is 15.9 Å². The van der Waals surface area contributed by atoms with Gasteiger partial charge in [-0.05, 0) is 23.8 Å². The first-order valence-corrected chi connectivity index (χ1v) is 7.29. The van der Waals surface area contributed by atoms with E-state index in [4.69, 9.17) is 9.47 Å². The molecule has 0 aromatic heterocycles. The van der Waals surface area contributed by atoms with Gasteiger partial charge in [-0.2, -0.15) is 5.26 Å². The molecule has 108 valence electrons. The lowest BCUT2D eigenvalue weighted by Crippen LogP contribution is -2.01. The van der Waals surface area contributed by atoms with Gasteiger partial charge in [0.15, 0.2) is 11.5 Å². The van der Waals surface area contributed by atoms with Gasteiger partial charge in [0, 0.05) is 10.0 Å². The highest BCUT2D eigenvalue weighted by molar-refractivity contribution is 9.10. The molecular weight excluding hydrogens is 346 g/mol. The van der Waals surface area contributed by atoms with Crippen molar-refractivity contribution in [1.29, 1.82) is 5.26 Å². The van der Waals surface area contributed by atoms with Crippen molar-refractivity contribution in [3.05, 3.63) is 63.6 Å². The Hall–Kier alpha value is -2.58. The summed E-state index contributed by atoms with van der Waals surface area (Å²) in [7, 11) is 0. The molecule has 0 bridgehead atoms. The number of halogens is 1. The Balaban J connectivity index is 1.99. The Morgan fingerprint density at radius 1 is 1.18 bits per heavy atom. The standard InChI is InChI=1S/C17H10BrNO3/c18-14-8-16-15(21-10-22-16)7-12(14)6-13(9-19)17(20)11-4-2-1-3-5-11/h1-8H,10H2/b13-6+. The number of rotatable bonds is 3. The normalized spacial score (nSPS) is 12.8. The first-order valence-electron chi connectivity index (χ1n) is 6.50. The number of fused-ring (bicyclic) bond motifs is 1. The first-order chi connectivity index (χ1) is 10.7. The Labute approximate surface area is 135 Å². The second-order valence-electron chi connectivity index (χ2n) is 4.59. The van der Waals surface area contributed by atoms with Gasteiger partial charge in [0.05, 0.1) is 0 Å². The van der Waals surface area contributed by atoms with Gasteiger partial charge >= 0.3 is 0 Å². The van der Waals surface area contributed by atoms with Gasteiger partial charge in [0.1, 0.15) is 11.6 Å². The lowest BCUT2D eigenvalue weighted by Gasteiger charge is -2.03. The predicted molar refractivity (Wildman–Crippen MR) is 84.6 cm³/mol. The molecule has 2 aromatic carbocycles. The number of ketones is 1. The van der Waals surface area contributed by atoms with E-state index in [1.165, 1.54) is 0 Å². The van der Waals surface area contributed by atoms with Crippen LogP contribution in [0.5, 0.6) is 11.5 Å². The molecule has 0 saturated carbocycles. The van der Waals surface area contributed by atoms with Gasteiger partial charge < -0.3 is 9.47 Å². The summed E-state index contributed by atoms with van der Waals surface area (Å²) < 4.78 is 11.3. The second kappa shape index (κ2) is 6.04. The molecule has 0 fully saturated rings. The zero-order valence-electron chi connectivity index (χ0n) is 11.4. The van der Waals surface area contributed by atoms with Crippen LogP contribution in [0.25, 0.3) is 6.08 Å². The summed E-state index contributed by atoms with van der Waals surface area (Å²) in [5.41, 5.74) is 1.23. The van der Waals surface area contributed by atoms with E-state index in [1.54, 1.807) is 42.5 Å². The van der Waals surface area contributed by atoms with Gasteiger partial charge in [0.2, 0.25) is 12.6 Å². The number of nitriles is 1. The molecule has 0 atom stereocenters. The minimum atomic E-state index is -0.312. The molecule has 1 aliphatic rings. The van der Waals surface area contributed by atoms with Gasteiger partial charge in [-0.15, -0.1) is 0 Å². The number of hydrogen-bond acceptors (Lipinski definition) is 4. The Morgan fingerprint density at radius 3 is 2.55 bits per heavy atom. The van der Waals surface area contributed by atoms with Crippen LogP contribution < -0.4 is 9.47 Å². The number of benzene rings is 2. The predicted octanol–water partition coefficient (Wildman–Crippen LogP) is 3.97. The summed E-state index contributed by atoms with van der Waals surface area (Å²) in [4.78, 5) is 12.4. The number of carbonyl (C=O) groups is 1. The molecule has 22 heavy (non-hydrogen) atoms. The molecule has 0 saturated heterocycles. The average molecular weight is 356 g/mol. The number of hydrogen-bond donors (Lipinski definition) is 0. The molecule has 2 aromatic rings. The van der Waals surface area contributed by atoms with Crippen molar-refractivity contribution < 1.29 is 14.3 Å². The summed E-state index contributed by atoms with van der Waals surface area (Å²) >= 11 is 3.41. The smallest absolute Gasteiger partial charge is 0.231 e. The Kier molecular flexibility index (Phi) is 3.94. The van der Waals surface area contributed by atoms with Crippen LogP contribution >= 0.6 is 15.9 Å². The maximum Gasteiger partial charge on any atom is 0.231 e. The molecule has 0 aliphatic carbocycles. The highest BCUT2D eigenvalue weighted by Crippen LogP contribution is 2.37. The van der Waals surface area contributed by atoms with Crippen molar-refractivity contribution >= 4 is 27.8 Å². The highest BCUT2D eigenvalue weighted by Gasteiger charge is 2.17. The fourth-order valence-corrected chi connectivity index (χ4v) is 2.53. The van der Waals surface area contributed by atoms with Crippen LogP contribution in [0.1, 0.15) is 15.9 Å². The van der Waals surface area contributed by atoms with Crippen molar-refractivity contribution in [2.45, 2.75) is 0 Å². The summed E-state index contributed by atoms with van der Waals surface area (Å²) in [5, 5.41) is 9.29. The van der Waals surface area contributed by atoms with E-state index in [-0.39, 0.29) is 18.1 Å². The topological polar surface area (TPSA) is 59.3 Å². The molecule has 5 heteroatoms. The van der Waals surface area contributed by atoms with E-state index in [0.29, 0.717) is 22.6 Å². The lowest BCUT2D eigenvalue weighted by molar-refractivity contribution is 0.104. The molecule has 4 nitrogen and oxygen atoms in total. The second-order valence-corrected chi connectivity index (χ2v) is 5.45.